The molecule has 5 rings (SSSR count). The topological polar surface area (TPSA) is 126 Å². The van der Waals surface area contributed by atoms with E-state index in [-0.39, 0.29) is 22.7 Å². The van der Waals surface area contributed by atoms with Crippen LogP contribution in [-0.4, -0.2) is 49.5 Å². The summed E-state index contributed by atoms with van der Waals surface area (Å²) in [6, 6.07) is 13.3. The van der Waals surface area contributed by atoms with Gasteiger partial charge in [-0.15, -0.1) is 0 Å². The standard InChI is InChI=1S/C22H20N6O4S2/c1-32-16-5-8-19-18(11-16)26-22(33-19)28-12-14(13-28)20(29)25-15-3-6-17(7-4-15)34(30,31)27-21-23-9-2-10-24-21/h2-11,14H,12-13H2,1H3,(H,25,29)(H,23,24,27). The molecule has 0 atom stereocenters. The number of benzene rings is 2. The largest absolute Gasteiger partial charge is 0.497 e. The zero-order valence-electron chi connectivity index (χ0n) is 18.0. The van der Waals surface area contributed by atoms with Gasteiger partial charge in [-0.1, -0.05) is 11.3 Å². The van der Waals surface area contributed by atoms with Gasteiger partial charge in [0.05, 0.1) is 28.1 Å². The Morgan fingerprint density at radius 1 is 1.12 bits per heavy atom. The van der Waals surface area contributed by atoms with E-state index < -0.39 is 10.0 Å². The van der Waals surface area contributed by atoms with Gasteiger partial charge in [0.2, 0.25) is 11.9 Å². The predicted octanol–water partition coefficient (Wildman–Crippen LogP) is 2.97. The van der Waals surface area contributed by atoms with E-state index in [0.717, 1.165) is 21.1 Å². The highest BCUT2D eigenvalue weighted by Gasteiger charge is 2.34. The summed E-state index contributed by atoms with van der Waals surface area (Å²) in [7, 11) is -2.21. The van der Waals surface area contributed by atoms with E-state index in [1.807, 2.05) is 18.2 Å². The number of aromatic nitrogens is 3. The fourth-order valence-electron chi connectivity index (χ4n) is 3.45. The second-order valence-electron chi connectivity index (χ2n) is 7.62. The Morgan fingerprint density at radius 3 is 2.56 bits per heavy atom. The first kappa shape index (κ1) is 22.0. The number of nitrogens with zero attached hydrogens (tertiary/aromatic N) is 4. The lowest BCUT2D eigenvalue weighted by molar-refractivity contribution is -0.120. The van der Waals surface area contributed by atoms with Crippen molar-refractivity contribution in [2.24, 2.45) is 5.92 Å². The zero-order valence-corrected chi connectivity index (χ0v) is 19.6. The molecule has 0 saturated carbocycles. The lowest BCUT2D eigenvalue weighted by Crippen LogP contribution is -2.52. The molecule has 0 aliphatic carbocycles. The molecule has 2 aromatic heterocycles. The van der Waals surface area contributed by atoms with Crippen molar-refractivity contribution < 1.29 is 17.9 Å². The monoisotopic (exact) mass is 496 g/mol. The van der Waals surface area contributed by atoms with Crippen LogP contribution in [0.25, 0.3) is 10.2 Å². The Kier molecular flexibility index (Phi) is 5.75. The maximum absolute atomic E-state index is 12.6. The molecule has 1 saturated heterocycles. The fourth-order valence-corrected chi connectivity index (χ4v) is 5.37. The summed E-state index contributed by atoms with van der Waals surface area (Å²) >= 11 is 1.58. The summed E-state index contributed by atoms with van der Waals surface area (Å²) < 4.78 is 33.6. The van der Waals surface area contributed by atoms with E-state index in [1.165, 1.54) is 24.5 Å². The van der Waals surface area contributed by atoms with Gasteiger partial charge in [-0.05, 0) is 42.5 Å². The van der Waals surface area contributed by atoms with Crippen LogP contribution in [0.3, 0.4) is 0 Å². The molecule has 0 radical (unpaired) electrons. The number of fused-ring (bicyclic) bond motifs is 1. The van der Waals surface area contributed by atoms with Gasteiger partial charge in [-0.3, -0.25) is 4.79 Å². The average Bonchev–Trinajstić information content (AvgIpc) is 3.21. The first-order valence-electron chi connectivity index (χ1n) is 10.3. The molecule has 0 unspecified atom stereocenters. The minimum Gasteiger partial charge on any atom is -0.497 e. The maximum atomic E-state index is 12.6. The van der Waals surface area contributed by atoms with Crippen molar-refractivity contribution in [3.63, 3.8) is 0 Å². The molecule has 174 valence electrons. The van der Waals surface area contributed by atoms with Gasteiger partial charge in [0.15, 0.2) is 5.13 Å². The second kappa shape index (κ2) is 8.88. The van der Waals surface area contributed by atoms with Gasteiger partial charge in [0.1, 0.15) is 5.75 Å². The number of methoxy groups -OCH3 is 1. The van der Waals surface area contributed by atoms with Crippen molar-refractivity contribution in [3.8, 4) is 5.75 Å². The molecule has 1 fully saturated rings. The summed E-state index contributed by atoms with van der Waals surface area (Å²) in [5, 5.41) is 3.72. The van der Waals surface area contributed by atoms with Gasteiger partial charge < -0.3 is 15.0 Å². The van der Waals surface area contributed by atoms with Crippen LogP contribution in [0.5, 0.6) is 5.75 Å². The molecule has 4 aromatic rings. The molecule has 3 heterocycles. The molecule has 1 aliphatic rings. The van der Waals surface area contributed by atoms with E-state index in [2.05, 4.69) is 29.9 Å². The van der Waals surface area contributed by atoms with Crippen LogP contribution in [0.15, 0.2) is 65.8 Å². The number of carbonyl (C=O) groups is 1. The molecule has 34 heavy (non-hydrogen) atoms. The van der Waals surface area contributed by atoms with Crippen molar-refractivity contribution in [1.29, 1.82) is 0 Å². The third-order valence-corrected chi connectivity index (χ3v) is 7.77. The number of amides is 1. The number of thiazole rings is 1. The smallest absolute Gasteiger partial charge is 0.264 e. The number of hydrogen-bond acceptors (Lipinski definition) is 9. The molecule has 2 aromatic carbocycles. The van der Waals surface area contributed by atoms with Crippen LogP contribution in [-0.2, 0) is 14.8 Å². The summed E-state index contributed by atoms with van der Waals surface area (Å²) in [5.74, 6) is 0.446. The summed E-state index contributed by atoms with van der Waals surface area (Å²) in [5.41, 5.74) is 1.39. The molecule has 2 N–H and O–H groups in total. The normalized spacial score (nSPS) is 14.0. The van der Waals surface area contributed by atoms with Crippen molar-refractivity contribution in [2.75, 3.05) is 35.1 Å². The molecule has 12 heteroatoms. The van der Waals surface area contributed by atoms with Gasteiger partial charge in [-0.2, -0.15) is 0 Å². The second-order valence-corrected chi connectivity index (χ2v) is 10.3. The highest BCUT2D eigenvalue weighted by Crippen LogP contribution is 2.34. The van der Waals surface area contributed by atoms with Crippen LogP contribution in [0.2, 0.25) is 0 Å². The Morgan fingerprint density at radius 2 is 1.85 bits per heavy atom. The Labute approximate surface area is 199 Å². The van der Waals surface area contributed by atoms with Crippen LogP contribution in [0.1, 0.15) is 0 Å². The molecule has 1 aliphatic heterocycles. The van der Waals surface area contributed by atoms with Gasteiger partial charge in [0, 0.05) is 37.2 Å². The van der Waals surface area contributed by atoms with Gasteiger partial charge in [-0.25, -0.2) is 28.1 Å². The molecular formula is C22H20N6O4S2. The molecule has 1 amide bonds. The van der Waals surface area contributed by atoms with E-state index in [4.69, 9.17) is 4.74 Å². The van der Waals surface area contributed by atoms with E-state index in [1.54, 1.807) is 36.6 Å². The first-order valence-corrected chi connectivity index (χ1v) is 12.6. The van der Waals surface area contributed by atoms with Crippen molar-refractivity contribution in [3.05, 3.63) is 60.9 Å². The third kappa shape index (κ3) is 4.50. The van der Waals surface area contributed by atoms with Gasteiger partial charge in [0.25, 0.3) is 10.0 Å². The quantitative estimate of drug-likeness (QED) is 0.400. The number of sulfonamides is 1. The van der Waals surface area contributed by atoms with Crippen LogP contribution < -0.4 is 19.7 Å². The summed E-state index contributed by atoms with van der Waals surface area (Å²) in [4.78, 5) is 27.1. The summed E-state index contributed by atoms with van der Waals surface area (Å²) in [6.07, 6.45) is 2.89. The highest BCUT2D eigenvalue weighted by molar-refractivity contribution is 7.92. The van der Waals surface area contributed by atoms with E-state index >= 15 is 0 Å². The maximum Gasteiger partial charge on any atom is 0.264 e. The number of hydrogen-bond donors (Lipinski definition) is 2. The number of anilines is 3. The Hall–Kier alpha value is -3.77. The van der Waals surface area contributed by atoms with E-state index in [9.17, 15) is 13.2 Å². The Bertz CT molecular complexity index is 1440. The van der Waals surface area contributed by atoms with Crippen LogP contribution in [0.4, 0.5) is 16.8 Å². The van der Waals surface area contributed by atoms with Gasteiger partial charge >= 0.3 is 0 Å². The molecule has 10 nitrogen and oxygen atoms in total. The van der Waals surface area contributed by atoms with Crippen molar-refractivity contribution >= 4 is 54.3 Å². The third-order valence-electron chi connectivity index (χ3n) is 5.33. The van der Waals surface area contributed by atoms with Crippen molar-refractivity contribution in [2.45, 2.75) is 4.90 Å². The zero-order chi connectivity index (χ0) is 23.7. The summed E-state index contributed by atoms with van der Waals surface area (Å²) in [6.45, 7) is 1.13. The minimum absolute atomic E-state index is 0.0123. The van der Waals surface area contributed by atoms with Crippen molar-refractivity contribution in [1.82, 2.24) is 15.0 Å². The number of ether oxygens (including phenoxy) is 1. The molecular weight excluding hydrogens is 476 g/mol. The average molecular weight is 497 g/mol. The lowest BCUT2D eigenvalue weighted by atomic mass is 10.00. The number of carbonyl (C=O) groups excluding carboxylic acids is 1. The van der Waals surface area contributed by atoms with E-state index in [0.29, 0.717) is 18.8 Å². The minimum atomic E-state index is -3.83. The first-order chi connectivity index (χ1) is 16.4. The van der Waals surface area contributed by atoms with Crippen LogP contribution in [0, 0.1) is 5.92 Å². The fraction of sp³-hybridized carbons (Fsp3) is 0.182. The highest BCUT2D eigenvalue weighted by atomic mass is 32.2. The Balaban J connectivity index is 1.18. The number of nitrogens with one attached hydrogen (secondary N) is 2. The molecule has 0 spiro atoms. The molecule has 0 bridgehead atoms. The predicted molar refractivity (Wildman–Crippen MR) is 130 cm³/mol. The lowest BCUT2D eigenvalue weighted by Gasteiger charge is -2.37. The number of rotatable bonds is 7. The van der Waals surface area contributed by atoms with Crippen LogP contribution >= 0.6 is 11.3 Å². The SMILES string of the molecule is COc1ccc2sc(N3CC(C(=O)Nc4ccc(S(=O)(=O)Nc5ncccn5)cc4)C3)nc2c1.